The number of unbranched alkanes of at least 4 members (excludes halogenated alkanes) is 4. The third-order valence-corrected chi connectivity index (χ3v) is 8.54. The van der Waals surface area contributed by atoms with Crippen molar-refractivity contribution in [1.82, 2.24) is 0 Å². The Morgan fingerprint density at radius 3 is 1.33 bits per heavy atom. The number of hydrogen-bond donors (Lipinski definition) is 0. The zero-order valence-electron chi connectivity index (χ0n) is 30.7. The fourth-order valence-electron chi connectivity index (χ4n) is 5.60. The molecule has 0 heterocycles. The second-order valence-corrected chi connectivity index (χ2v) is 12.5. The zero-order chi connectivity index (χ0) is 38.0. The van der Waals surface area contributed by atoms with E-state index in [1.165, 1.54) is 17.7 Å². The van der Waals surface area contributed by atoms with Crippen LogP contribution in [0.15, 0.2) is 116 Å². The van der Waals surface area contributed by atoms with Crippen molar-refractivity contribution < 1.29 is 19.1 Å². The molecule has 0 saturated carbocycles. The summed E-state index contributed by atoms with van der Waals surface area (Å²) < 4.78 is 9.99. The van der Waals surface area contributed by atoms with Gasteiger partial charge >= 0.3 is 11.9 Å². The van der Waals surface area contributed by atoms with E-state index in [0.29, 0.717) is 13.2 Å². The van der Waals surface area contributed by atoms with Crippen LogP contribution in [0.2, 0.25) is 0 Å². The Morgan fingerprint density at radius 2 is 0.907 bits per heavy atom. The van der Waals surface area contributed by atoms with Crippen molar-refractivity contribution in [2.24, 2.45) is 0 Å². The predicted molar refractivity (Wildman–Crippen MR) is 219 cm³/mol. The Bertz CT molecular complexity index is 2440. The number of hydrogen-bond acceptors (Lipinski definition) is 4. The van der Waals surface area contributed by atoms with Crippen LogP contribution >= 0.6 is 0 Å². The fourth-order valence-corrected chi connectivity index (χ4v) is 5.60. The standard InChI is InChI=1S/C50H42O4/c1-4-43-33-40(17-18-41-23-29-45-34-38(21-27-47(45)36-41)15-11-7-9-13-31-53-49(51)5-2)19-25-44(43)26-20-42-24-30-46-35-39(22-28-48(46)37-42)16-12-8-10-14-32-54-50(52)6-3/h5-6,19,21-25,27-30,33-37H,2-4,7-10,13-14,31-32H2,1H3. The molecule has 0 atom stereocenters. The lowest BCUT2D eigenvalue weighted by atomic mass is 10.0. The molecule has 0 aromatic heterocycles. The number of esters is 2. The third-order valence-electron chi connectivity index (χ3n) is 8.54. The Balaban J connectivity index is 1.17. The molecule has 5 aromatic carbocycles. The van der Waals surface area contributed by atoms with Gasteiger partial charge < -0.3 is 9.47 Å². The average molecular weight is 707 g/mol. The van der Waals surface area contributed by atoms with Crippen molar-refractivity contribution in [3.8, 4) is 47.4 Å². The van der Waals surface area contributed by atoms with Gasteiger partial charge in [-0.25, -0.2) is 9.59 Å². The van der Waals surface area contributed by atoms with Gasteiger partial charge in [-0.2, -0.15) is 0 Å². The van der Waals surface area contributed by atoms with Crippen molar-refractivity contribution in [2.45, 2.75) is 51.9 Å². The molecule has 0 aliphatic rings. The lowest BCUT2D eigenvalue weighted by Gasteiger charge is -2.03. The normalized spacial score (nSPS) is 9.94. The lowest BCUT2D eigenvalue weighted by molar-refractivity contribution is -0.138. The largest absolute Gasteiger partial charge is 0.463 e. The highest BCUT2D eigenvalue weighted by atomic mass is 16.5. The van der Waals surface area contributed by atoms with E-state index in [9.17, 15) is 9.59 Å². The lowest BCUT2D eigenvalue weighted by Crippen LogP contribution is -2.01. The topological polar surface area (TPSA) is 52.6 Å². The van der Waals surface area contributed by atoms with Crippen molar-refractivity contribution in [2.75, 3.05) is 13.2 Å². The highest BCUT2D eigenvalue weighted by molar-refractivity contribution is 5.86. The van der Waals surface area contributed by atoms with Gasteiger partial charge in [0.05, 0.1) is 13.2 Å². The van der Waals surface area contributed by atoms with Crippen LogP contribution in [0, 0.1) is 47.4 Å². The van der Waals surface area contributed by atoms with Gasteiger partial charge in [-0.15, -0.1) is 0 Å². The summed E-state index contributed by atoms with van der Waals surface area (Å²) in [6.07, 6.45) is 8.01. The molecule has 0 bridgehead atoms. The van der Waals surface area contributed by atoms with Crippen molar-refractivity contribution in [1.29, 1.82) is 0 Å². The molecule has 4 nitrogen and oxygen atoms in total. The van der Waals surface area contributed by atoms with Crippen molar-refractivity contribution >= 4 is 33.5 Å². The van der Waals surface area contributed by atoms with Crippen LogP contribution in [0.5, 0.6) is 0 Å². The van der Waals surface area contributed by atoms with Crippen molar-refractivity contribution in [3.05, 3.63) is 155 Å². The molecule has 0 amide bonds. The highest BCUT2D eigenvalue weighted by Crippen LogP contribution is 2.20. The maximum Gasteiger partial charge on any atom is 0.330 e. The first-order valence-electron chi connectivity index (χ1n) is 18.2. The molecule has 54 heavy (non-hydrogen) atoms. The van der Waals surface area contributed by atoms with Crippen LogP contribution in [-0.2, 0) is 25.5 Å². The summed E-state index contributed by atoms with van der Waals surface area (Å²) in [5.41, 5.74) is 6.99. The second-order valence-electron chi connectivity index (χ2n) is 12.5. The van der Waals surface area contributed by atoms with E-state index in [1.807, 2.05) is 24.3 Å². The SMILES string of the molecule is C=CC(=O)OCCCCC#Cc1ccc2cc(C#Cc3ccc(C#Cc4ccc5cc(C#CCCCCOC(=O)C=C)ccc5c4)c(CC)c3)ccc2c1. The second kappa shape index (κ2) is 20.4. The summed E-state index contributed by atoms with van der Waals surface area (Å²) >= 11 is 0. The smallest absolute Gasteiger partial charge is 0.330 e. The minimum Gasteiger partial charge on any atom is -0.463 e. The summed E-state index contributed by atoms with van der Waals surface area (Å²) in [5, 5.41) is 4.48. The van der Waals surface area contributed by atoms with Crippen LogP contribution in [0.4, 0.5) is 0 Å². The molecule has 0 saturated heterocycles. The van der Waals surface area contributed by atoms with Crippen LogP contribution in [0.1, 0.15) is 84.4 Å². The minimum absolute atomic E-state index is 0.387. The summed E-state index contributed by atoms with van der Waals surface area (Å²) in [4.78, 5) is 22.2. The first-order valence-corrected chi connectivity index (χ1v) is 18.2. The van der Waals surface area contributed by atoms with Crippen LogP contribution in [0.3, 0.4) is 0 Å². The first kappa shape index (κ1) is 38.5. The molecule has 0 spiro atoms. The number of aryl methyl sites for hydroxylation is 1. The molecule has 0 unspecified atom stereocenters. The summed E-state index contributed by atoms with van der Waals surface area (Å²) in [7, 11) is 0. The van der Waals surface area contributed by atoms with E-state index in [-0.39, 0.29) is 11.9 Å². The van der Waals surface area contributed by atoms with Gasteiger partial charge in [0.15, 0.2) is 0 Å². The quantitative estimate of drug-likeness (QED) is 0.0594. The Hall–Kier alpha value is -6.72. The van der Waals surface area contributed by atoms with Gasteiger partial charge in [0, 0.05) is 58.4 Å². The van der Waals surface area contributed by atoms with Crippen LogP contribution in [-0.4, -0.2) is 25.2 Å². The number of benzene rings is 5. The van der Waals surface area contributed by atoms with Gasteiger partial charge in [-0.3, -0.25) is 0 Å². The summed E-state index contributed by atoms with van der Waals surface area (Å²) in [5.74, 6) is 25.6. The Kier molecular flexibility index (Phi) is 14.5. The van der Waals surface area contributed by atoms with Gasteiger partial charge in [0.1, 0.15) is 0 Å². The molecule has 0 fully saturated rings. The van der Waals surface area contributed by atoms with E-state index < -0.39 is 0 Å². The highest BCUT2D eigenvalue weighted by Gasteiger charge is 2.02. The fraction of sp³-hybridized carbons (Fsp3) is 0.200. The van der Waals surface area contributed by atoms with Gasteiger partial charge in [0.2, 0.25) is 0 Å². The molecule has 5 aromatic rings. The van der Waals surface area contributed by atoms with E-state index in [4.69, 9.17) is 9.47 Å². The van der Waals surface area contributed by atoms with Gasteiger partial charge in [0.25, 0.3) is 0 Å². The summed E-state index contributed by atoms with van der Waals surface area (Å²) in [6.45, 7) is 9.72. The van der Waals surface area contributed by atoms with E-state index in [2.05, 4.69) is 134 Å². The molecule has 0 aliphatic carbocycles. The van der Waals surface area contributed by atoms with Gasteiger partial charge in [-0.05, 0) is 126 Å². The monoisotopic (exact) mass is 706 g/mol. The predicted octanol–water partition coefficient (Wildman–Crippen LogP) is 9.86. The molecule has 266 valence electrons. The molecule has 0 radical (unpaired) electrons. The molecule has 5 rings (SSSR count). The maximum absolute atomic E-state index is 11.1. The number of carbonyl (C=O) groups is 2. The van der Waals surface area contributed by atoms with Crippen molar-refractivity contribution in [3.63, 3.8) is 0 Å². The van der Waals surface area contributed by atoms with E-state index in [0.717, 1.165) is 99.9 Å². The number of carbonyl (C=O) groups excluding carboxylic acids is 2. The Labute approximate surface area is 319 Å². The molecular weight excluding hydrogens is 665 g/mol. The first-order chi connectivity index (χ1) is 26.4. The molecule has 0 N–H and O–H groups in total. The minimum atomic E-state index is -0.387. The third kappa shape index (κ3) is 11.9. The molecular formula is C50H42O4. The van der Waals surface area contributed by atoms with E-state index >= 15 is 0 Å². The molecule has 4 heteroatoms. The average Bonchev–Trinajstić information content (AvgIpc) is 3.21. The molecule has 0 aliphatic heterocycles. The van der Waals surface area contributed by atoms with Crippen LogP contribution in [0.25, 0.3) is 21.5 Å². The van der Waals surface area contributed by atoms with E-state index in [1.54, 1.807) is 0 Å². The number of ether oxygens (including phenoxy) is 2. The van der Waals surface area contributed by atoms with Gasteiger partial charge in [-0.1, -0.05) is 91.7 Å². The van der Waals surface area contributed by atoms with Crippen LogP contribution < -0.4 is 0 Å². The number of rotatable bonds is 11. The maximum atomic E-state index is 11.1. The number of fused-ring (bicyclic) bond motifs is 2. The Morgan fingerprint density at radius 1 is 0.519 bits per heavy atom. The summed E-state index contributed by atoms with van der Waals surface area (Å²) in [6, 6.07) is 31.2. The zero-order valence-corrected chi connectivity index (χ0v) is 30.7.